The fraction of sp³-hybridized carbons (Fsp3) is 0.611. The summed E-state index contributed by atoms with van der Waals surface area (Å²) in [7, 11) is 0. The van der Waals surface area contributed by atoms with E-state index in [2.05, 4.69) is 17.0 Å². The number of morpholine rings is 1. The topological polar surface area (TPSA) is 32.8 Å². The van der Waals surface area contributed by atoms with E-state index in [4.69, 9.17) is 16.3 Å². The van der Waals surface area contributed by atoms with Gasteiger partial charge in [-0.15, -0.1) is 0 Å². The molecule has 0 aliphatic carbocycles. The lowest BCUT2D eigenvalue weighted by Crippen LogP contribution is -2.45. The van der Waals surface area contributed by atoms with Crippen molar-refractivity contribution in [2.45, 2.75) is 38.0 Å². The number of fused-ring (bicyclic) bond motifs is 2. The van der Waals surface area contributed by atoms with Gasteiger partial charge in [0.15, 0.2) is 0 Å². The smallest absolute Gasteiger partial charge is 0.228 e. The first-order chi connectivity index (χ1) is 11.2. The minimum atomic E-state index is 0.0633. The van der Waals surface area contributed by atoms with E-state index in [1.165, 1.54) is 5.56 Å². The summed E-state index contributed by atoms with van der Waals surface area (Å²) in [6, 6.07) is 8.02. The number of amides is 1. The van der Waals surface area contributed by atoms with Crippen molar-refractivity contribution in [1.29, 1.82) is 0 Å². The number of halogens is 1. The maximum absolute atomic E-state index is 12.7. The van der Waals surface area contributed by atoms with E-state index in [-0.39, 0.29) is 18.1 Å². The first kappa shape index (κ1) is 15.4. The fourth-order valence-corrected chi connectivity index (χ4v) is 4.27. The second kappa shape index (κ2) is 6.42. The predicted molar refractivity (Wildman–Crippen MR) is 89.3 cm³/mol. The summed E-state index contributed by atoms with van der Waals surface area (Å²) in [5, 5.41) is 0.770. The summed E-state index contributed by atoms with van der Waals surface area (Å²) in [4.78, 5) is 17.2. The van der Waals surface area contributed by atoms with Gasteiger partial charge in [-0.25, -0.2) is 0 Å². The minimum Gasteiger partial charge on any atom is -0.371 e. The van der Waals surface area contributed by atoms with E-state index >= 15 is 0 Å². The summed E-state index contributed by atoms with van der Waals surface area (Å²) >= 11 is 5.95. The molecule has 4 rings (SSSR count). The van der Waals surface area contributed by atoms with Crippen LogP contribution in [0.2, 0.25) is 5.02 Å². The first-order valence-electron chi connectivity index (χ1n) is 8.60. The van der Waals surface area contributed by atoms with Crippen LogP contribution in [-0.4, -0.2) is 54.1 Å². The molecule has 4 nitrogen and oxygen atoms in total. The number of carbonyl (C=O) groups is 1. The predicted octanol–water partition coefficient (Wildman–Crippen LogP) is 2.55. The Labute approximate surface area is 142 Å². The van der Waals surface area contributed by atoms with Crippen LogP contribution in [0.15, 0.2) is 24.3 Å². The van der Waals surface area contributed by atoms with E-state index in [0.29, 0.717) is 5.91 Å². The largest absolute Gasteiger partial charge is 0.371 e. The molecule has 1 aromatic rings. The number of hydrogen-bond acceptors (Lipinski definition) is 3. The van der Waals surface area contributed by atoms with Crippen LogP contribution in [0.4, 0.5) is 0 Å². The fourth-order valence-electron chi connectivity index (χ4n) is 4.15. The molecule has 3 aliphatic heterocycles. The van der Waals surface area contributed by atoms with Gasteiger partial charge in [-0.2, -0.15) is 0 Å². The van der Waals surface area contributed by atoms with Crippen molar-refractivity contribution < 1.29 is 9.53 Å². The third kappa shape index (κ3) is 3.25. The van der Waals surface area contributed by atoms with Gasteiger partial charge in [-0.1, -0.05) is 23.7 Å². The van der Waals surface area contributed by atoms with Gasteiger partial charge in [-0.3, -0.25) is 9.69 Å². The molecule has 3 heterocycles. The highest BCUT2D eigenvalue weighted by Crippen LogP contribution is 2.34. The average Bonchev–Trinajstić information content (AvgIpc) is 3.17. The Morgan fingerprint density at radius 1 is 1.17 bits per heavy atom. The normalized spacial score (nSPS) is 30.8. The molecule has 3 aliphatic rings. The first-order valence-corrected chi connectivity index (χ1v) is 8.98. The maximum atomic E-state index is 12.7. The number of benzene rings is 1. The molecule has 3 fully saturated rings. The molecule has 1 amide bonds. The zero-order valence-electron chi connectivity index (χ0n) is 13.3. The Morgan fingerprint density at radius 3 is 2.65 bits per heavy atom. The summed E-state index contributed by atoms with van der Waals surface area (Å²) in [6.07, 6.45) is 3.45. The van der Waals surface area contributed by atoms with Crippen molar-refractivity contribution in [2.24, 2.45) is 5.92 Å². The zero-order chi connectivity index (χ0) is 15.8. The van der Waals surface area contributed by atoms with Gasteiger partial charge in [-0.05, 0) is 37.0 Å². The van der Waals surface area contributed by atoms with Crippen LogP contribution in [0.25, 0.3) is 0 Å². The molecule has 3 unspecified atom stereocenters. The average molecular weight is 335 g/mol. The molecule has 5 heteroatoms. The van der Waals surface area contributed by atoms with Crippen molar-refractivity contribution >= 4 is 17.5 Å². The van der Waals surface area contributed by atoms with Crippen LogP contribution < -0.4 is 0 Å². The molecular weight excluding hydrogens is 312 g/mol. The Kier molecular flexibility index (Phi) is 4.31. The van der Waals surface area contributed by atoms with E-state index in [1.54, 1.807) is 0 Å². The van der Waals surface area contributed by atoms with E-state index in [9.17, 15) is 4.79 Å². The highest BCUT2D eigenvalue weighted by atomic mass is 35.5. The van der Waals surface area contributed by atoms with Gasteiger partial charge in [0.05, 0.1) is 18.1 Å². The van der Waals surface area contributed by atoms with E-state index < -0.39 is 0 Å². The second-order valence-corrected chi connectivity index (χ2v) is 7.43. The quantitative estimate of drug-likeness (QED) is 0.851. The number of carbonyl (C=O) groups excluding carboxylic acids is 1. The van der Waals surface area contributed by atoms with Gasteiger partial charge in [0, 0.05) is 37.7 Å². The third-order valence-electron chi connectivity index (χ3n) is 5.29. The Morgan fingerprint density at radius 2 is 1.91 bits per heavy atom. The molecule has 0 aromatic heterocycles. The summed E-state index contributed by atoms with van der Waals surface area (Å²) in [5.74, 6) is 0.386. The molecule has 23 heavy (non-hydrogen) atoms. The highest BCUT2D eigenvalue weighted by molar-refractivity contribution is 6.30. The summed E-state index contributed by atoms with van der Waals surface area (Å²) < 4.78 is 6.07. The van der Waals surface area contributed by atoms with Crippen LogP contribution in [-0.2, 0) is 16.1 Å². The van der Waals surface area contributed by atoms with E-state index in [1.807, 2.05) is 17.0 Å². The van der Waals surface area contributed by atoms with Gasteiger partial charge in [0.2, 0.25) is 5.91 Å². The zero-order valence-corrected chi connectivity index (χ0v) is 14.0. The van der Waals surface area contributed by atoms with Gasteiger partial charge < -0.3 is 9.64 Å². The molecule has 0 radical (unpaired) electrons. The van der Waals surface area contributed by atoms with Crippen molar-refractivity contribution in [2.75, 3.05) is 26.2 Å². The number of likely N-dealkylation sites (tertiary alicyclic amines) is 2. The lowest BCUT2D eigenvalue weighted by atomic mass is 9.99. The van der Waals surface area contributed by atoms with Gasteiger partial charge in [0.1, 0.15) is 0 Å². The molecule has 0 saturated carbocycles. The number of hydrogen-bond donors (Lipinski definition) is 0. The molecule has 0 N–H and O–H groups in total. The Balaban J connectivity index is 1.39. The SMILES string of the molecule is O=C(C1CC2CN(Cc3ccc(Cl)cc3)CC1O2)N1CCCC1. The van der Waals surface area contributed by atoms with Crippen molar-refractivity contribution in [3.63, 3.8) is 0 Å². The lowest BCUT2D eigenvalue weighted by Gasteiger charge is -2.33. The molecule has 3 saturated heterocycles. The Hall–Kier alpha value is -1.10. The number of rotatable bonds is 3. The van der Waals surface area contributed by atoms with Crippen LogP contribution in [0.5, 0.6) is 0 Å². The molecule has 1 aromatic carbocycles. The van der Waals surface area contributed by atoms with Crippen LogP contribution in [0.3, 0.4) is 0 Å². The second-order valence-electron chi connectivity index (χ2n) is 6.99. The van der Waals surface area contributed by atoms with Crippen LogP contribution >= 0.6 is 11.6 Å². The molecule has 2 bridgehead atoms. The van der Waals surface area contributed by atoms with Crippen LogP contribution in [0, 0.1) is 5.92 Å². The maximum Gasteiger partial charge on any atom is 0.228 e. The highest BCUT2D eigenvalue weighted by Gasteiger charge is 2.45. The number of nitrogens with zero attached hydrogens (tertiary/aromatic N) is 2. The molecule has 3 atom stereocenters. The van der Waals surface area contributed by atoms with Crippen molar-refractivity contribution in [3.8, 4) is 0 Å². The lowest BCUT2D eigenvalue weighted by molar-refractivity contribution is -0.137. The third-order valence-corrected chi connectivity index (χ3v) is 5.54. The standard InChI is InChI=1S/C18H23ClN2O2/c19-14-5-3-13(4-6-14)10-20-11-15-9-16(17(12-20)23-15)18(22)21-7-1-2-8-21/h3-6,15-17H,1-2,7-12H2. The number of ether oxygens (including phenoxy) is 1. The summed E-state index contributed by atoms with van der Waals surface area (Å²) in [5.41, 5.74) is 1.26. The van der Waals surface area contributed by atoms with Crippen molar-refractivity contribution in [1.82, 2.24) is 9.80 Å². The molecule has 0 spiro atoms. The molecular formula is C18H23ClN2O2. The minimum absolute atomic E-state index is 0.0633. The van der Waals surface area contributed by atoms with E-state index in [0.717, 1.165) is 57.0 Å². The van der Waals surface area contributed by atoms with Crippen LogP contribution in [0.1, 0.15) is 24.8 Å². The molecule has 124 valence electrons. The van der Waals surface area contributed by atoms with Crippen molar-refractivity contribution in [3.05, 3.63) is 34.9 Å². The van der Waals surface area contributed by atoms with Gasteiger partial charge in [0.25, 0.3) is 0 Å². The monoisotopic (exact) mass is 334 g/mol. The summed E-state index contributed by atoms with van der Waals surface area (Å²) in [6.45, 7) is 4.53. The van der Waals surface area contributed by atoms with Gasteiger partial charge >= 0.3 is 0 Å². The Bertz CT molecular complexity index is 571.